The topological polar surface area (TPSA) is 67.4 Å². The van der Waals surface area contributed by atoms with Gasteiger partial charge in [-0.1, -0.05) is 61.2 Å². The van der Waals surface area contributed by atoms with Crippen molar-refractivity contribution in [3.63, 3.8) is 0 Å². The van der Waals surface area contributed by atoms with Crippen molar-refractivity contribution in [3.05, 3.63) is 113 Å². The van der Waals surface area contributed by atoms with Crippen molar-refractivity contribution in [1.29, 1.82) is 0 Å². The minimum absolute atomic E-state index is 0.112. The maximum atomic E-state index is 13.8. The standard InChI is InChI=1S/C33H30N2O3/c1-21-11-15-24(16-12-21)38-25-17-13-23(14-18-25)35-29-20-19-28(34-22-7-3-2-4-8-22)30-31(29)33(37)27-10-6-5-9-26(27)32(30)36/h5-6,9-20,22,34-35H,2-4,7-8H2,1H3. The average molecular weight is 503 g/mol. The largest absolute Gasteiger partial charge is 0.457 e. The Bertz CT molecular complexity index is 1500. The molecule has 190 valence electrons. The van der Waals surface area contributed by atoms with Crippen LogP contribution in [0.3, 0.4) is 0 Å². The van der Waals surface area contributed by atoms with Gasteiger partial charge in [0.15, 0.2) is 11.6 Å². The summed E-state index contributed by atoms with van der Waals surface area (Å²) in [6.07, 6.45) is 5.76. The van der Waals surface area contributed by atoms with E-state index in [4.69, 9.17) is 4.74 Å². The Morgan fingerprint density at radius 3 is 1.84 bits per heavy atom. The van der Waals surface area contributed by atoms with Gasteiger partial charge < -0.3 is 15.4 Å². The number of hydrogen-bond acceptors (Lipinski definition) is 5. The molecule has 0 aliphatic heterocycles. The number of ketones is 2. The minimum atomic E-state index is -0.135. The van der Waals surface area contributed by atoms with Crippen LogP contribution in [0.15, 0.2) is 84.9 Å². The molecule has 0 heterocycles. The first-order valence-corrected chi connectivity index (χ1v) is 13.3. The van der Waals surface area contributed by atoms with E-state index in [0.29, 0.717) is 39.7 Å². The number of hydrogen-bond donors (Lipinski definition) is 2. The van der Waals surface area contributed by atoms with Crippen LogP contribution in [0.5, 0.6) is 11.5 Å². The summed E-state index contributed by atoms with van der Waals surface area (Å²) >= 11 is 0. The normalized spacial score (nSPS) is 15.0. The number of aryl methyl sites for hydroxylation is 1. The third kappa shape index (κ3) is 4.68. The molecule has 0 bridgehead atoms. The van der Waals surface area contributed by atoms with Crippen LogP contribution in [-0.2, 0) is 0 Å². The summed E-state index contributed by atoms with van der Waals surface area (Å²) in [6, 6.07) is 26.7. The molecule has 2 aliphatic rings. The van der Waals surface area contributed by atoms with Crippen LogP contribution in [0, 0.1) is 6.92 Å². The van der Waals surface area contributed by atoms with Gasteiger partial charge in [0.2, 0.25) is 0 Å². The van der Waals surface area contributed by atoms with Crippen molar-refractivity contribution in [2.24, 2.45) is 0 Å². The van der Waals surface area contributed by atoms with Crippen molar-refractivity contribution in [3.8, 4) is 11.5 Å². The fourth-order valence-electron chi connectivity index (χ4n) is 5.42. The van der Waals surface area contributed by atoms with Gasteiger partial charge in [-0.25, -0.2) is 0 Å². The molecule has 0 unspecified atom stereocenters. The van der Waals surface area contributed by atoms with Gasteiger partial charge in [-0.05, 0) is 68.3 Å². The summed E-state index contributed by atoms with van der Waals surface area (Å²) in [5, 5.41) is 6.99. The summed E-state index contributed by atoms with van der Waals surface area (Å²) in [5.74, 6) is 1.24. The molecule has 0 radical (unpaired) electrons. The average Bonchev–Trinajstić information content (AvgIpc) is 2.95. The fourth-order valence-corrected chi connectivity index (χ4v) is 5.42. The van der Waals surface area contributed by atoms with E-state index >= 15 is 0 Å². The number of carbonyl (C=O) groups excluding carboxylic acids is 2. The smallest absolute Gasteiger partial charge is 0.196 e. The van der Waals surface area contributed by atoms with E-state index < -0.39 is 0 Å². The van der Waals surface area contributed by atoms with Crippen molar-refractivity contribution in [2.75, 3.05) is 10.6 Å². The number of fused-ring (bicyclic) bond motifs is 2. The molecule has 1 saturated carbocycles. The summed E-state index contributed by atoms with van der Waals surface area (Å²) in [4.78, 5) is 27.5. The molecule has 5 nitrogen and oxygen atoms in total. The molecule has 2 aliphatic carbocycles. The Kier molecular flexibility index (Phi) is 6.42. The fraction of sp³-hybridized carbons (Fsp3) is 0.212. The molecule has 4 aromatic rings. The minimum Gasteiger partial charge on any atom is -0.457 e. The highest BCUT2D eigenvalue weighted by atomic mass is 16.5. The van der Waals surface area contributed by atoms with E-state index in [-0.39, 0.29) is 11.6 Å². The first-order chi connectivity index (χ1) is 18.6. The van der Waals surface area contributed by atoms with Gasteiger partial charge in [0.1, 0.15) is 11.5 Å². The summed E-state index contributed by atoms with van der Waals surface area (Å²) in [7, 11) is 0. The van der Waals surface area contributed by atoms with Gasteiger partial charge in [0, 0.05) is 28.5 Å². The Labute approximate surface area is 222 Å². The Balaban J connectivity index is 1.32. The van der Waals surface area contributed by atoms with Gasteiger partial charge in [0.25, 0.3) is 0 Å². The highest BCUT2D eigenvalue weighted by Crippen LogP contribution is 2.39. The van der Waals surface area contributed by atoms with Gasteiger partial charge in [-0.3, -0.25) is 9.59 Å². The molecule has 4 aromatic carbocycles. The van der Waals surface area contributed by atoms with Gasteiger partial charge in [-0.15, -0.1) is 0 Å². The zero-order chi connectivity index (χ0) is 26.1. The number of rotatable bonds is 6. The molecule has 0 spiro atoms. The highest BCUT2D eigenvalue weighted by molar-refractivity contribution is 6.32. The molecule has 2 N–H and O–H groups in total. The molecule has 38 heavy (non-hydrogen) atoms. The number of benzene rings is 4. The highest BCUT2D eigenvalue weighted by Gasteiger charge is 2.34. The quantitative estimate of drug-likeness (QED) is 0.246. The zero-order valence-corrected chi connectivity index (χ0v) is 21.4. The molecule has 0 atom stereocenters. The second-order valence-corrected chi connectivity index (χ2v) is 10.2. The van der Waals surface area contributed by atoms with Gasteiger partial charge >= 0.3 is 0 Å². The number of carbonyl (C=O) groups is 2. The van der Waals surface area contributed by atoms with Crippen LogP contribution in [0.2, 0.25) is 0 Å². The maximum Gasteiger partial charge on any atom is 0.196 e. The number of nitrogens with one attached hydrogen (secondary N) is 2. The van der Waals surface area contributed by atoms with Crippen LogP contribution < -0.4 is 15.4 Å². The van der Waals surface area contributed by atoms with E-state index in [9.17, 15) is 9.59 Å². The van der Waals surface area contributed by atoms with Crippen molar-refractivity contribution in [2.45, 2.75) is 45.1 Å². The molecular weight excluding hydrogens is 472 g/mol. The molecule has 5 heteroatoms. The predicted octanol–water partition coefficient (Wildman–Crippen LogP) is 8.05. The van der Waals surface area contributed by atoms with Crippen LogP contribution in [-0.4, -0.2) is 17.6 Å². The van der Waals surface area contributed by atoms with E-state index in [1.165, 1.54) is 24.8 Å². The molecule has 0 amide bonds. The lowest BCUT2D eigenvalue weighted by molar-refractivity contribution is 0.0980. The zero-order valence-electron chi connectivity index (χ0n) is 21.4. The monoisotopic (exact) mass is 502 g/mol. The molecule has 6 rings (SSSR count). The second-order valence-electron chi connectivity index (χ2n) is 10.2. The van der Waals surface area contributed by atoms with Crippen LogP contribution >= 0.6 is 0 Å². The van der Waals surface area contributed by atoms with Crippen molar-refractivity contribution < 1.29 is 14.3 Å². The lowest BCUT2D eigenvalue weighted by Crippen LogP contribution is -2.27. The molecule has 1 fully saturated rings. The molecule has 0 saturated heterocycles. The lowest BCUT2D eigenvalue weighted by atomic mass is 9.82. The van der Waals surface area contributed by atoms with Crippen molar-refractivity contribution in [1.82, 2.24) is 0 Å². The van der Waals surface area contributed by atoms with E-state index in [1.54, 1.807) is 18.2 Å². The van der Waals surface area contributed by atoms with Crippen molar-refractivity contribution >= 4 is 28.6 Å². The number of anilines is 3. The van der Waals surface area contributed by atoms with E-state index in [2.05, 4.69) is 10.6 Å². The Morgan fingerprint density at radius 1 is 0.658 bits per heavy atom. The van der Waals surface area contributed by atoms with E-state index in [0.717, 1.165) is 30.0 Å². The Morgan fingerprint density at radius 2 is 1.21 bits per heavy atom. The summed E-state index contributed by atoms with van der Waals surface area (Å²) in [5.41, 5.74) is 5.14. The SMILES string of the molecule is Cc1ccc(Oc2ccc(Nc3ccc(NC4CCCCC4)c4c3C(=O)c3ccccc3C4=O)cc2)cc1. The molecular formula is C33H30N2O3. The first kappa shape index (κ1) is 24.0. The summed E-state index contributed by atoms with van der Waals surface area (Å²) in [6.45, 7) is 2.04. The summed E-state index contributed by atoms with van der Waals surface area (Å²) < 4.78 is 5.95. The van der Waals surface area contributed by atoms with Crippen LogP contribution in [0.25, 0.3) is 0 Å². The third-order valence-electron chi connectivity index (χ3n) is 7.43. The first-order valence-electron chi connectivity index (χ1n) is 13.3. The number of ether oxygens (including phenoxy) is 1. The van der Waals surface area contributed by atoms with Gasteiger partial charge in [0.05, 0.1) is 16.8 Å². The maximum absolute atomic E-state index is 13.8. The van der Waals surface area contributed by atoms with E-state index in [1.807, 2.05) is 73.7 Å². The Hall–Kier alpha value is -4.38. The second kappa shape index (κ2) is 10.2. The third-order valence-corrected chi connectivity index (χ3v) is 7.43. The van der Waals surface area contributed by atoms with Crippen LogP contribution in [0.4, 0.5) is 17.1 Å². The molecule has 0 aromatic heterocycles. The van der Waals surface area contributed by atoms with Gasteiger partial charge in [-0.2, -0.15) is 0 Å². The van der Waals surface area contributed by atoms with Crippen LogP contribution in [0.1, 0.15) is 69.5 Å². The lowest BCUT2D eigenvalue weighted by Gasteiger charge is -2.28. The predicted molar refractivity (Wildman–Crippen MR) is 151 cm³/mol.